The van der Waals surface area contributed by atoms with Crippen LogP contribution in [0.2, 0.25) is 0 Å². The van der Waals surface area contributed by atoms with Crippen LogP contribution >= 0.6 is 0 Å². The first-order valence-corrected chi connectivity index (χ1v) is 9.08. The Labute approximate surface area is 158 Å². The summed E-state index contributed by atoms with van der Waals surface area (Å²) in [5.74, 6) is -0.119. The lowest BCUT2D eigenvalue weighted by Crippen LogP contribution is -2.43. The van der Waals surface area contributed by atoms with Crippen molar-refractivity contribution in [1.82, 2.24) is 10.8 Å². The molecular weight excluding hydrogens is 344 g/mol. The van der Waals surface area contributed by atoms with Gasteiger partial charge in [-0.25, -0.2) is 5.48 Å². The molecule has 0 aliphatic heterocycles. The standard InChI is InChI=1S/C21H24N2O4/c1-27-19-8-3-2-5-16(19)15-11-9-14(10-12-15)13-20(24)22-18-7-4-6-17(18)21(25)23-26/h2-3,5,8-12,17-18,26H,4,6-7,13H2,1H3,(H,22,24)(H,23,25)/t17-,18+/m0/s1. The van der Waals surface area contributed by atoms with Crippen LogP contribution in [0.3, 0.4) is 0 Å². The van der Waals surface area contributed by atoms with Crippen molar-refractivity contribution in [2.45, 2.75) is 31.7 Å². The van der Waals surface area contributed by atoms with Gasteiger partial charge in [0.25, 0.3) is 0 Å². The molecule has 3 N–H and O–H groups in total. The monoisotopic (exact) mass is 368 g/mol. The highest BCUT2D eigenvalue weighted by molar-refractivity contribution is 5.82. The topological polar surface area (TPSA) is 87.7 Å². The Bertz CT molecular complexity index is 804. The predicted molar refractivity (Wildman–Crippen MR) is 101 cm³/mol. The fraction of sp³-hybridized carbons (Fsp3) is 0.333. The minimum Gasteiger partial charge on any atom is -0.496 e. The number of ether oxygens (including phenoxy) is 1. The fourth-order valence-corrected chi connectivity index (χ4v) is 3.66. The Balaban J connectivity index is 1.63. The zero-order valence-corrected chi connectivity index (χ0v) is 15.3. The second-order valence-electron chi connectivity index (χ2n) is 6.76. The summed E-state index contributed by atoms with van der Waals surface area (Å²) in [5.41, 5.74) is 4.61. The van der Waals surface area contributed by atoms with Gasteiger partial charge in [-0.3, -0.25) is 14.8 Å². The number of benzene rings is 2. The number of nitrogens with one attached hydrogen (secondary N) is 2. The Morgan fingerprint density at radius 1 is 1.11 bits per heavy atom. The molecule has 6 nitrogen and oxygen atoms in total. The Hall–Kier alpha value is -2.86. The van der Waals surface area contributed by atoms with E-state index in [0.717, 1.165) is 35.3 Å². The van der Waals surface area contributed by atoms with E-state index >= 15 is 0 Å². The summed E-state index contributed by atoms with van der Waals surface area (Å²) < 4.78 is 5.39. The van der Waals surface area contributed by atoms with Crippen molar-refractivity contribution in [1.29, 1.82) is 0 Å². The van der Waals surface area contributed by atoms with Gasteiger partial charge in [-0.1, -0.05) is 48.9 Å². The van der Waals surface area contributed by atoms with Crippen molar-refractivity contribution < 1.29 is 19.5 Å². The van der Waals surface area contributed by atoms with Crippen molar-refractivity contribution in [2.75, 3.05) is 7.11 Å². The number of rotatable bonds is 6. The van der Waals surface area contributed by atoms with Crippen LogP contribution in [0.5, 0.6) is 5.75 Å². The van der Waals surface area contributed by atoms with Crippen molar-refractivity contribution in [3.8, 4) is 16.9 Å². The lowest BCUT2D eigenvalue weighted by atomic mass is 10.0. The Kier molecular flexibility index (Phi) is 6.08. The molecule has 6 heteroatoms. The van der Waals surface area contributed by atoms with Crippen LogP contribution in [0.15, 0.2) is 48.5 Å². The molecule has 1 aliphatic rings. The zero-order chi connectivity index (χ0) is 19.2. The third-order valence-corrected chi connectivity index (χ3v) is 5.05. The van der Waals surface area contributed by atoms with E-state index in [4.69, 9.17) is 9.94 Å². The molecule has 2 atom stereocenters. The fourth-order valence-electron chi connectivity index (χ4n) is 3.66. The second kappa shape index (κ2) is 8.68. The summed E-state index contributed by atoms with van der Waals surface area (Å²) >= 11 is 0. The van der Waals surface area contributed by atoms with Gasteiger partial charge in [0.15, 0.2) is 0 Å². The summed E-state index contributed by atoms with van der Waals surface area (Å²) in [7, 11) is 1.64. The van der Waals surface area contributed by atoms with E-state index in [1.807, 2.05) is 48.5 Å². The van der Waals surface area contributed by atoms with E-state index in [2.05, 4.69) is 5.32 Å². The van der Waals surface area contributed by atoms with Crippen LogP contribution < -0.4 is 15.5 Å². The lowest BCUT2D eigenvalue weighted by Gasteiger charge is -2.19. The molecule has 3 rings (SSSR count). The number of amides is 2. The summed E-state index contributed by atoms with van der Waals surface area (Å²) in [6.07, 6.45) is 2.52. The number of hydroxylamine groups is 1. The largest absolute Gasteiger partial charge is 0.496 e. The Morgan fingerprint density at radius 2 is 1.85 bits per heavy atom. The molecule has 0 spiro atoms. The highest BCUT2D eigenvalue weighted by atomic mass is 16.5. The first kappa shape index (κ1) is 18.9. The van der Waals surface area contributed by atoms with Crippen molar-refractivity contribution in [3.63, 3.8) is 0 Å². The van der Waals surface area contributed by atoms with Crippen molar-refractivity contribution >= 4 is 11.8 Å². The van der Waals surface area contributed by atoms with Gasteiger partial charge in [0.2, 0.25) is 11.8 Å². The molecule has 0 heterocycles. The van der Waals surface area contributed by atoms with E-state index in [1.54, 1.807) is 12.6 Å². The van der Waals surface area contributed by atoms with Crippen LogP contribution in [0, 0.1) is 5.92 Å². The minimum atomic E-state index is -0.432. The molecule has 0 unspecified atom stereocenters. The van der Waals surface area contributed by atoms with E-state index in [9.17, 15) is 9.59 Å². The molecule has 1 fully saturated rings. The third kappa shape index (κ3) is 4.46. The van der Waals surface area contributed by atoms with Crippen LogP contribution in [-0.4, -0.2) is 30.2 Å². The molecule has 27 heavy (non-hydrogen) atoms. The number of para-hydroxylation sites is 1. The average molecular weight is 368 g/mol. The quantitative estimate of drug-likeness (QED) is 0.540. The molecule has 1 saturated carbocycles. The van der Waals surface area contributed by atoms with Crippen LogP contribution in [0.25, 0.3) is 11.1 Å². The lowest BCUT2D eigenvalue weighted by molar-refractivity contribution is -0.134. The third-order valence-electron chi connectivity index (χ3n) is 5.05. The maximum absolute atomic E-state index is 12.4. The van der Waals surface area contributed by atoms with Crippen molar-refractivity contribution in [2.24, 2.45) is 5.92 Å². The summed E-state index contributed by atoms with van der Waals surface area (Å²) in [6.45, 7) is 0. The normalized spacial score (nSPS) is 18.7. The number of methoxy groups -OCH3 is 1. The molecule has 1 aliphatic carbocycles. The van der Waals surface area contributed by atoms with E-state index < -0.39 is 5.91 Å². The highest BCUT2D eigenvalue weighted by Gasteiger charge is 2.33. The van der Waals surface area contributed by atoms with Gasteiger partial charge in [-0.2, -0.15) is 0 Å². The molecule has 0 radical (unpaired) electrons. The highest BCUT2D eigenvalue weighted by Crippen LogP contribution is 2.30. The van der Waals surface area contributed by atoms with Crippen LogP contribution in [-0.2, 0) is 16.0 Å². The first-order valence-electron chi connectivity index (χ1n) is 9.08. The maximum atomic E-state index is 12.4. The smallest absolute Gasteiger partial charge is 0.248 e. The molecule has 2 aromatic carbocycles. The maximum Gasteiger partial charge on any atom is 0.248 e. The van der Waals surface area contributed by atoms with E-state index in [0.29, 0.717) is 6.42 Å². The predicted octanol–water partition coefficient (Wildman–Crippen LogP) is 2.70. The summed E-state index contributed by atoms with van der Waals surface area (Å²) in [6, 6.07) is 15.4. The number of carbonyl (C=O) groups is 2. The van der Waals surface area contributed by atoms with Gasteiger partial charge in [-0.05, 0) is 30.0 Å². The number of carbonyl (C=O) groups excluding carboxylic acids is 2. The van der Waals surface area contributed by atoms with Crippen molar-refractivity contribution in [3.05, 3.63) is 54.1 Å². The van der Waals surface area contributed by atoms with Gasteiger partial charge in [0, 0.05) is 11.6 Å². The second-order valence-corrected chi connectivity index (χ2v) is 6.76. The molecule has 2 amide bonds. The van der Waals surface area contributed by atoms with Gasteiger partial charge >= 0.3 is 0 Å². The van der Waals surface area contributed by atoms with Crippen LogP contribution in [0.1, 0.15) is 24.8 Å². The van der Waals surface area contributed by atoms with Gasteiger partial charge < -0.3 is 10.1 Å². The molecule has 142 valence electrons. The zero-order valence-electron chi connectivity index (χ0n) is 15.3. The summed E-state index contributed by atoms with van der Waals surface area (Å²) in [5, 5.41) is 11.7. The molecular formula is C21H24N2O4. The minimum absolute atomic E-state index is 0.123. The number of hydrogen-bond donors (Lipinski definition) is 3. The average Bonchev–Trinajstić information content (AvgIpc) is 3.15. The SMILES string of the molecule is COc1ccccc1-c1ccc(CC(=O)N[C@@H]2CCC[C@@H]2C(=O)NO)cc1. The first-order chi connectivity index (χ1) is 13.1. The molecule has 2 aromatic rings. The van der Waals surface area contributed by atoms with E-state index in [-0.39, 0.29) is 24.3 Å². The van der Waals surface area contributed by atoms with E-state index in [1.165, 1.54) is 0 Å². The number of hydrogen-bond acceptors (Lipinski definition) is 4. The Morgan fingerprint density at radius 3 is 2.56 bits per heavy atom. The molecule has 0 saturated heterocycles. The summed E-state index contributed by atoms with van der Waals surface area (Å²) in [4.78, 5) is 24.0. The molecule has 0 aromatic heterocycles. The molecule has 0 bridgehead atoms. The van der Waals surface area contributed by atoms with Gasteiger partial charge in [0.1, 0.15) is 5.75 Å². The van der Waals surface area contributed by atoms with Gasteiger partial charge in [-0.15, -0.1) is 0 Å². The van der Waals surface area contributed by atoms with Crippen LogP contribution in [0.4, 0.5) is 0 Å². The van der Waals surface area contributed by atoms with Gasteiger partial charge in [0.05, 0.1) is 19.4 Å².